The van der Waals surface area contributed by atoms with E-state index in [0.717, 1.165) is 23.3 Å². The van der Waals surface area contributed by atoms with Gasteiger partial charge in [0.1, 0.15) is 11.6 Å². The Bertz CT molecular complexity index is 994. The van der Waals surface area contributed by atoms with Crippen molar-refractivity contribution < 1.29 is 17.5 Å². The average molecular weight is 437 g/mol. The minimum atomic E-state index is -3.62. The molecule has 0 radical (unpaired) electrons. The van der Waals surface area contributed by atoms with Crippen LogP contribution in [0.1, 0.15) is 16.7 Å². The molecule has 0 aliphatic heterocycles. The van der Waals surface area contributed by atoms with Gasteiger partial charge in [0.15, 0.2) is 5.96 Å². The Morgan fingerprint density at radius 2 is 1.77 bits per heavy atom. The molecule has 0 bridgehead atoms. The van der Waals surface area contributed by atoms with Gasteiger partial charge in [-0.25, -0.2) is 12.8 Å². The fourth-order valence-corrected chi connectivity index (χ4v) is 3.72. The summed E-state index contributed by atoms with van der Waals surface area (Å²) in [4.78, 5) is 4.10. The zero-order valence-corrected chi connectivity index (χ0v) is 18.6. The number of aliphatic imine (C=N–C) groups is 1. The van der Waals surface area contributed by atoms with Crippen molar-refractivity contribution in [3.8, 4) is 5.75 Å². The van der Waals surface area contributed by atoms with E-state index in [0.29, 0.717) is 18.1 Å². The molecule has 9 heteroatoms. The molecule has 2 aromatic carbocycles. The maximum atomic E-state index is 13.6. The van der Waals surface area contributed by atoms with Crippen molar-refractivity contribution >= 4 is 21.7 Å². The fraction of sp³-hybridized carbons (Fsp3) is 0.381. The summed E-state index contributed by atoms with van der Waals surface area (Å²) in [5, 5.41) is 6.12. The quantitative estimate of drug-likeness (QED) is 0.415. The monoisotopic (exact) mass is 436 g/mol. The largest absolute Gasteiger partial charge is 0.496 e. The van der Waals surface area contributed by atoms with Crippen LogP contribution in [0, 0.1) is 19.7 Å². The molecule has 0 spiro atoms. The van der Waals surface area contributed by atoms with Gasteiger partial charge in [-0.2, -0.15) is 0 Å². The molecule has 3 N–H and O–H groups in total. The number of anilines is 1. The van der Waals surface area contributed by atoms with Gasteiger partial charge < -0.3 is 15.4 Å². The molecule has 2 rings (SSSR count). The molecular formula is C21H29FN4O3S. The summed E-state index contributed by atoms with van der Waals surface area (Å²) in [5.41, 5.74) is 2.86. The van der Waals surface area contributed by atoms with Gasteiger partial charge in [-0.1, -0.05) is 18.2 Å². The van der Waals surface area contributed by atoms with Gasteiger partial charge in [0.25, 0.3) is 0 Å². The molecule has 0 atom stereocenters. The molecule has 0 amide bonds. The number of aryl methyl sites for hydroxylation is 2. The molecular weight excluding hydrogens is 407 g/mol. The number of sulfonamides is 1. The van der Waals surface area contributed by atoms with E-state index in [-0.39, 0.29) is 18.0 Å². The molecule has 7 nitrogen and oxygen atoms in total. The zero-order chi connectivity index (χ0) is 22.1. The minimum absolute atomic E-state index is 0.154. The average Bonchev–Trinajstić information content (AvgIpc) is 2.70. The first-order chi connectivity index (χ1) is 14.2. The number of benzene rings is 2. The maximum absolute atomic E-state index is 13.6. The Balaban J connectivity index is 1.78. The summed E-state index contributed by atoms with van der Waals surface area (Å²) in [6.07, 6.45) is 0.760. The lowest BCUT2D eigenvalue weighted by atomic mass is 10.1. The molecule has 164 valence electrons. The highest BCUT2D eigenvalue weighted by molar-refractivity contribution is 7.92. The van der Waals surface area contributed by atoms with E-state index in [4.69, 9.17) is 4.74 Å². The van der Waals surface area contributed by atoms with Gasteiger partial charge in [0, 0.05) is 20.1 Å². The van der Waals surface area contributed by atoms with Crippen LogP contribution in [0.5, 0.6) is 5.75 Å². The summed E-state index contributed by atoms with van der Waals surface area (Å²) in [6, 6.07) is 10.3. The van der Waals surface area contributed by atoms with E-state index in [1.165, 1.54) is 18.2 Å². The molecule has 0 unspecified atom stereocenters. The third-order valence-electron chi connectivity index (χ3n) is 4.51. The first-order valence-corrected chi connectivity index (χ1v) is 11.2. The van der Waals surface area contributed by atoms with Crippen molar-refractivity contribution in [3.05, 3.63) is 58.9 Å². The highest BCUT2D eigenvalue weighted by Gasteiger charge is 2.12. The lowest BCUT2D eigenvalue weighted by molar-refractivity contribution is 0.411. The molecule has 0 aromatic heterocycles. The van der Waals surface area contributed by atoms with E-state index >= 15 is 0 Å². The number of guanidine groups is 1. The van der Waals surface area contributed by atoms with Crippen LogP contribution in [0.4, 0.5) is 10.1 Å². The van der Waals surface area contributed by atoms with Gasteiger partial charge in [0.05, 0.1) is 18.6 Å². The number of methoxy groups -OCH3 is 1. The van der Waals surface area contributed by atoms with Gasteiger partial charge >= 0.3 is 0 Å². The maximum Gasteiger partial charge on any atom is 0.234 e. The number of ether oxygens (including phenoxy) is 1. The van der Waals surface area contributed by atoms with Crippen LogP contribution in [-0.4, -0.2) is 47.4 Å². The first-order valence-electron chi connectivity index (χ1n) is 9.59. The predicted molar refractivity (Wildman–Crippen MR) is 119 cm³/mol. The van der Waals surface area contributed by atoms with Crippen LogP contribution >= 0.6 is 0 Å². The van der Waals surface area contributed by atoms with Crippen LogP contribution in [0.15, 0.2) is 41.4 Å². The smallest absolute Gasteiger partial charge is 0.234 e. The van der Waals surface area contributed by atoms with Gasteiger partial charge in [-0.15, -0.1) is 0 Å². The van der Waals surface area contributed by atoms with Crippen molar-refractivity contribution in [2.45, 2.75) is 20.3 Å². The molecule has 0 fully saturated rings. The predicted octanol–water partition coefficient (Wildman–Crippen LogP) is 2.60. The van der Waals surface area contributed by atoms with Crippen molar-refractivity contribution in [2.75, 3.05) is 37.7 Å². The number of rotatable bonds is 9. The summed E-state index contributed by atoms with van der Waals surface area (Å²) in [7, 11) is -0.355. The van der Waals surface area contributed by atoms with Crippen LogP contribution in [-0.2, 0) is 16.4 Å². The third kappa shape index (κ3) is 7.22. The van der Waals surface area contributed by atoms with Crippen molar-refractivity contribution in [1.29, 1.82) is 0 Å². The van der Waals surface area contributed by atoms with Gasteiger partial charge in [-0.3, -0.25) is 9.71 Å². The summed E-state index contributed by atoms with van der Waals surface area (Å²) < 4.78 is 45.7. The van der Waals surface area contributed by atoms with Crippen molar-refractivity contribution in [1.82, 2.24) is 10.6 Å². The normalized spacial score (nSPS) is 11.8. The molecule has 2 aromatic rings. The highest BCUT2D eigenvalue weighted by Crippen LogP contribution is 2.19. The number of nitrogens with one attached hydrogen (secondary N) is 3. The molecule has 0 saturated carbocycles. The second-order valence-electron chi connectivity index (χ2n) is 6.86. The molecule has 0 aliphatic rings. The van der Waals surface area contributed by atoms with E-state index in [1.807, 2.05) is 25.1 Å². The molecule has 0 heterocycles. The standard InChI is InChI=1S/C21H29FN4O3S/c1-15-6-8-18(14-19(15)22)26-30(27,28)12-11-25-21(23-3)24-10-9-17-7-5-16(2)20(13-17)29-4/h5-8,13-14,26H,9-12H2,1-4H3,(H2,23,24,25). The molecule has 0 saturated heterocycles. The number of nitrogens with zero attached hydrogens (tertiary/aromatic N) is 1. The Morgan fingerprint density at radius 3 is 2.43 bits per heavy atom. The fourth-order valence-electron chi connectivity index (χ4n) is 2.76. The van der Waals surface area contributed by atoms with E-state index < -0.39 is 15.8 Å². The first kappa shape index (κ1) is 23.5. The lowest BCUT2D eigenvalue weighted by Crippen LogP contribution is -2.40. The number of hydrogen-bond donors (Lipinski definition) is 3. The minimum Gasteiger partial charge on any atom is -0.496 e. The second kappa shape index (κ2) is 10.8. The Morgan fingerprint density at radius 1 is 1.07 bits per heavy atom. The Kier molecular flexibility index (Phi) is 8.46. The highest BCUT2D eigenvalue weighted by atomic mass is 32.2. The van der Waals surface area contributed by atoms with Crippen LogP contribution in [0.25, 0.3) is 0 Å². The number of halogens is 1. The third-order valence-corrected chi connectivity index (χ3v) is 5.80. The van der Waals surface area contributed by atoms with Gasteiger partial charge in [0.2, 0.25) is 10.0 Å². The topological polar surface area (TPSA) is 91.8 Å². The summed E-state index contributed by atoms with van der Waals surface area (Å²) in [6.45, 7) is 4.39. The van der Waals surface area contributed by atoms with E-state index in [2.05, 4.69) is 20.3 Å². The van der Waals surface area contributed by atoms with Crippen molar-refractivity contribution in [3.63, 3.8) is 0 Å². The summed E-state index contributed by atoms with van der Waals surface area (Å²) in [5.74, 6) is 0.717. The van der Waals surface area contributed by atoms with E-state index in [9.17, 15) is 12.8 Å². The van der Waals surface area contributed by atoms with Crippen molar-refractivity contribution in [2.24, 2.45) is 4.99 Å². The summed E-state index contributed by atoms with van der Waals surface area (Å²) >= 11 is 0. The Hall–Kier alpha value is -2.81. The van der Waals surface area contributed by atoms with Crippen LogP contribution in [0.2, 0.25) is 0 Å². The zero-order valence-electron chi connectivity index (χ0n) is 17.8. The van der Waals surface area contributed by atoms with Crippen LogP contribution < -0.4 is 20.1 Å². The molecule has 0 aliphatic carbocycles. The van der Waals surface area contributed by atoms with Gasteiger partial charge in [-0.05, 0) is 55.2 Å². The van der Waals surface area contributed by atoms with E-state index in [1.54, 1.807) is 21.1 Å². The lowest BCUT2D eigenvalue weighted by Gasteiger charge is -2.13. The number of hydrogen-bond acceptors (Lipinski definition) is 4. The van der Waals surface area contributed by atoms with Crippen LogP contribution in [0.3, 0.4) is 0 Å². The second-order valence-corrected chi connectivity index (χ2v) is 8.71. The SMILES string of the molecule is CN=C(NCCc1ccc(C)c(OC)c1)NCCS(=O)(=O)Nc1ccc(C)c(F)c1. The molecule has 30 heavy (non-hydrogen) atoms. The Labute approximate surface area is 177 Å².